The van der Waals surface area contributed by atoms with Crippen LogP contribution in [0.15, 0.2) is 29.2 Å². The van der Waals surface area contributed by atoms with Crippen LogP contribution in [-0.4, -0.2) is 40.0 Å². The first-order valence-electron chi connectivity index (χ1n) is 11.4. The Morgan fingerprint density at radius 3 is 2.29 bits per heavy atom. The lowest BCUT2D eigenvalue weighted by molar-refractivity contribution is -0.121. The largest absolute Gasteiger partial charge is 0.465 e. The van der Waals surface area contributed by atoms with Gasteiger partial charge < -0.3 is 10.1 Å². The number of amides is 1. The van der Waals surface area contributed by atoms with Gasteiger partial charge in [0, 0.05) is 19.0 Å². The molecule has 1 amide bonds. The summed E-state index contributed by atoms with van der Waals surface area (Å²) in [6, 6.07) is 5.83. The molecule has 0 saturated carbocycles. The molecule has 1 aliphatic rings. The molecule has 174 valence electrons. The SMILES string of the molecule is COC(=O)c1ccccc1S(=O)(=O)NC1CCCCCCCCCCC(=O)NCCC1. The van der Waals surface area contributed by atoms with E-state index in [1.54, 1.807) is 12.1 Å². The molecular weight excluding hydrogens is 416 g/mol. The number of benzene rings is 1. The molecule has 0 aromatic heterocycles. The van der Waals surface area contributed by atoms with Crippen LogP contribution in [0.5, 0.6) is 0 Å². The predicted molar refractivity (Wildman–Crippen MR) is 120 cm³/mol. The van der Waals surface area contributed by atoms with Crippen molar-refractivity contribution in [2.45, 2.75) is 88.0 Å². The number of sulfonamides is 1. The maximum Gasteiger partial charge on any atom is 0.339 e. The van der Waals surface area contributed by atoms with E-state index in [0.717, 1.165) is 44.9 Å². The number of carbonyl (C=O) groups excluding carboxylic acids is 2. The third-order valence-electron chi connectivity index (χ3n) is 5.66. The Kier molecular flexibility index (Phi) is 11.0. The number of esters is 1. The fourth-order valence-corrected chi connectivity index (χ4v) is 5.43. The van der Waals surface area contributed by atoms with Gasteiger partial charge in [-0.3, -0.25) is 4.79 Å². The second-order valence-electron chi connectivity index (χ2n) is 8.17. The van der Waals surface area contributed by atoms with E-state index in [4.69, 9.17) is 4.74 Å². The summed E-state index contributed by atoms with van der Waals surface area (Å²) in [6.45, 7) is 0.538. The zero-order chi connectivity index (χ0) is 22.5. The molecule has 0 aliphatic carbocycles. The Labute approximate surface area is 186 Å². The van der Waals surface area contributed by atoms with Gasteiger partial charge in [0.2, 0.25) is 15.9 Å². The summed E-state index contributed by atoms with van der Waals surface area (Å²) in [6.07, 6.45) is 11.3. The lowest BCUT2D eigenvalue weighted by atomic mass is 10.0. The zero-order valence-corrected chi connectivity index (χ0v) is 19.3. The molecular formula is C23H36N2O5S. The minimum absolute atomic E-state index is 0.0259. The molecule has 8 heteroatoms. The summed E-state index contributed by atoms with van der Waals surface area (Å²) in [7, 11) is -2.65. The van der Waals surface area contributed by atoms with Crippen molar-refractivity contribution in [1.29, 1.82) is 0 Å². The average molecular weight is 453 g/mol. The Morgan fingerprint density at radius 1 is 0.968 bits per heavy atom. The van der Waals surface area contributed by atoms with Crippen LogP contribution in [0.3, 0.4) is 0 Å². The second-order valence-corrected chi connectivity index (χ2v) is 9.85. The molecule has 0 bridgehead atoms. The average Bonchev–Trinajstić information content (AvgIpc) is 2.76. The van der Waals surface area contributed by atoms with E-state index >= 15 is 0 Å². The van der Waals surface area contributed by atoms with Crippen LogP contribution in [0, 0.1) is 0 Å². The highest BCUT2D eigenvalue weighted by atomic mass is 32.2. The van der Waals surface area contributed by atoms with Crippen LogP contribution in [0.1, 0.15) is 87.4 Å². The number of rotatable bonds is 4. The summed E-state index contributed by atoms with van der Waals surface area (Å²) in [5.41, 5.74) is 0.0259. The highest BCUT2D eigenvalue weighted by Crippen LogP contribution is 2.19. The van der Waals surface area contributed by atoms with Crippen molar-refractivity contribution >= 4 is 21.9 Å². The quantitative estimate of drug-likeness (QED) is 0.674. The van der Waals surface area contributed by atoms with Crippen molar-refractivity contribution in [3.63, 3.8) is 0 Å². The molecule has 2 N–H and O–H groups in total. The van der Waals surface area contributed by atoms with Gasteiger partial charge in [0.15, 0.2) is 0 Å². The number of carbonyl (C=O) groups is 2. The fourth-order valence-electron chi connectivity index (χ4n) is 3.93. The molecule has 31 heavy (non-hydrogen) atoms. The van der Waals surface area contributed by atoms with Crippen LogP contribution in [-0.2, 0) is 19.6 Å². The van der Waals surface area contributed by atoms with Crippen LogP contribution in [0.4, 0.5) is 0 Å². The lowest BCUT2D eigenvalue weighted by Gasteiger charge is -2.20. The maximum atomic E-state index is 13.1. The molecule has 1 atom stereocenters. The summed E-state index contributed by atoms with van der Waals surface area (Å²) >= 11 is 0. The Balaban J connectivity index is 2.06. The number of methoxy groups -OCH3 is 1. The first kappa shape index (κ1) is 25.3. The van der Waals surface area contributed by atoms with E-state index in [0.29, 0.717) is 25.8 Å². The smallest absolute Gasteiger partial charge is 0.339 e. The Morgan fingerprint density at radius 2 is 1.58 bits per heavy atom. The minimum atomic E-state index is -3.88. The standard InChI is InChI=1S/C23H36N2O5S/c1-30-23(27)20-15-10-11-16-21(20)31(28,29)25-19-13-8-6-4-2-3-5-7-9-17-22(26)24-18-12-14-19/h10-11,15-16,19,25H,2-9,12-14,17-18H2,1H3,(H,24,26). The fraction of sp³-hybridized carbons (Fsp3) is 0.652. The van der Waals surface area contributed by atoms with Crippen LogP contribution in [0.25, 0.3) is 0 Å². The molecule has 0 spiro atoms. The van der Waals surface area contributed by atoms with E-state index < -0.39 is 16.0 Å². The highest BCUT2D eigenvalue weighted by molar-refractivity contribution is 7.89. The first-order chi connectivity index (χ1) is 14.9. The summed E-state index contributed by atoms with van der Waals surface area (Å²) in [5, 5.41) is 2.93. The number of ether oxygens (including phenoxy) is 1. The molecule has 1 unspecified atom stereocenters. The number of hydrogen-bond acceptors (Lipinski definition) is 5. The molecule has 7 nitrogen and oxygen atoms in total. The van der Waals surface area contributed by atoms with Crippen molar-refractivity contribution < 1.29 is 22.7 Å². The Hall–Kier alpha value is -1.93. The minimum Gasteiger partial charge on any atom is -0.465 e. The third kappa shape index (κ3) is 8.99. The zero-order valence-electron chi connectivity index (χ0n) is 18.5. The molecule has 1 heterocycles. The first-order valence-corrected chi connectivity index (χ1v) is 12.9. The van der Waals surface area contributed by atoms with E-state index in [1.165, 1.54) is 32.1 Å². The molecule has 2 rings (SSSR count). The van der Waals surface area contributed by atoms with Gasteiger partial charge in [-0.2, -0.15) is 0 Å². The van der Waals surface area contributed by atoms with Gasteiger partial charge in [0.25, 0.3) is 0 Å². The molecule has 1 saturated heterocycles. The third-order valence-corrected chi connectivity index (χ3v) is 7.24. The summed E-state index contributed by atoms with van der Waals surface area (Å²) < 4.78 is 33.7. The van der Waals surface area contributed by atoms with Gasteiger partial charge in [-0.25, -0.2) is 17.9 Å². The molecule has 1 aromatic carbocycles. The second kappa shape index (κ2) is 13.5. The van der Waals surface area contributed by atoms with E-state index in [-0.39, 0.29) is 22.4 Å². The van der Waals surface area contributed by atoms with E-state index in [1.807, 2.05) is 0 Å². The van der Waals surface area contributed by atoms with Gasteiger partial charge in [0.05, 0.1) is 17.6 Å². The maximum absolute atomic E-state index is 13.1. The van der Waals surface area contributed by atoms with Gasteiger partial charge >= 0.3 is 5.97 Å². The van der Waals surface area contributed by atoms with Crippen molar-refractivity contribution in [2.75, 3.05) is 13.7 Å². The van der Waals surface area contributed by atoms with Gasteiger partial charge in [0.1, 0.15) is 0 Å². The van der Waals surface area contributed by atoms with Crippen molar-refractivity contribution in [3.05, 3.63) is 29.8 Å². The molecule has 0 radical (unpaired) electrons. The van der Waals surface area contributed by atoms with Crippen LogP contribution in [0.2, 0.25) is 0 Å². The van der Waals surface area contributed by atoms with Gasteiger partial charge in [-0.15, -0.1) is 0 Å². The summed E-state index contributed by atoms with van der Waals surface area (Å²) in [5.74, 6) is -0.613. The van der Waals surface area contributed by atoms with Gasteiger partial charge in [-0.05, 0) is 37.8 Å². The van der Waals surface area contributed by atoms with E-state index in [9.17, 15) is 18.0 Å². The van der Waals surface area contributed by atoms with Crippen molar-refractivity contribution in [1.82, 2.24) is 10.0 Å². The topological polar surface area (TPSA) is 102 Å². The number of hydrogen-bond donors (Lipinski definition) is 2. The lowest BCUT2D eigenvalue weighted by Crippen LogP contribution is -2.36. The van der Waals surface area contributed by atoms with Crippen molar-refractivity contribution in [3.8, 4) is 0 Å². The summed E-state index contributed by atoms with van der Waals surface area (Å²) in [4.78, 5) is 23.9. The van der Waals surface area contributed by atoms with E-state index in [2.05, 4.69) is 10.0 Å². The van der Waals surface area contributed by atoms with Crippen molar-refractivity contribution in [2.24, 2.45) is 0 Å². The van der Waals surface area contributed by atoms with Gasteiger partial charge in [-0.1, -0.05) is 57.1 Å². The highest BCUT2D eigenvalue weighted by Gasteiger charge is 2.25. The normalized spacial score (nSPS) is 20.5. The predicted octanol–water partition coefficient (Wildman–Crippen LogP) is 3.93. The molecule has 1 fully saturated rings. The molecule has 1 aliphatic heterocycles. The molecule has 1 aromatic rings. The number of nitrogens with one attached hydrogen (secondary N) is 2. The monoisotopic (exact) mass is 452 g/mol. The Bertz CT molecular complexity index is 810. The van der Waals surface area contributed by atoms with Crippen LogP contribution >= 0.6 is 0 Å². The van der Waals surface area contributed by atoms with Crippen LogP contribution < -0.4 is 10.0 Å².